The van der Waals surface area contributed by atoms with Crippen molar-refractivity contribution in [3.05, 3.63) is 42.1 Å². The number of rotatable bonds is 7. The Hall–Kier alpha value is -2.12. The van der Waals surface area contributed by atoms with Crippen LogP contribution < -0.4 is 5.32 Å². The van der Waals surface area contributed by atoms with Crippen molar-refractivity contribution >= 4 is 5.91 Å². The van der Waals surface area contributed by atoms with Gasteiger partial charge < -0.3 is 14.8 Å². The summed E-state index contributed by atoms with van der Waals surface area (Å²) in [5.74, 6) is 1.23. The van der Waals surface area contributed by atoms with E-state index < -0.39 is 0 Å². The fourth-order valence-electron chi connectivity index (χ4n) is 3.22. The number of furan rings is 1. The first-order valence-corrected chi connectivity index (χ1v) is 8.40. The third-order valence-corrected chi connectivity index (χ3v) is 4.47. The van der Waals surface area contributed by atoms with E-state index in [1.54, 1.807) is 12.5 Å². The van der Waals surface area contributed by atoms with Crippen LogP contribution in [0.2, 0.25) is 0 Å². The summed E-state index contributed by atoms with van der Waals surface area (Å²) in [7, 11) is 0. The maximum absolute atomic E-state index is 12.0. The minimum absolute atomic E-state index is 0.0233. The highest BCUT2D eigenvalue weighted by Crippen LogP contribution is 2.27. The lowest BCUT2D eigenvalue weighted by molar-refractivity contribution is -0.122. The molecule has 2 N–H and O–H groups in total. The molecule has 1 aliphatic heterocycles. The average Bonchev–Trinajstić information content (AvgIpc) is 3.26. The maximum Gasteiger partial charge on any atom is 0.234 e. The van der Waals surface area contributed by atoms with Crippen LogP contribution in [0.1, 0.15) is 30.2 Å². The Morgan fingerprint density at radius 3 is 2.92 bits per heavy atom. The van der Waals surface area contributed by atoms with E-state index in [1.165, 1.54) is 5.69 Å². The summed E-state index contributed by atoms with van der Waals surface area (Å²) in [4.78, 5) is 14.2. The number of piperidine rings is 1. The molecule has 0 radical (unpaired) electrons. The van der Waals surface area contributed by atoms with E-state index in [-0.39, 0.29) is 12.5 Å². The topological polar surface area (TPSA) is 83.5 Å². The summed E-state index contributed by atoms with van der Waals surface area (Å²) in [6.45, 7) is 3.28. The van der Waals surface area contributed by atoms with Gasteiger partial charge in [-0.05, 0) is 44.1 Å². The molecule has 3 heterocycles. The Morgan fingerprint density at radius 1 is 1.38 bits per heavy atom. The zero-order chi connectivity index (χ0) is 16.8. The van der Waals surface area contributed by atoms with Crippen LogP contribution in [0.15, 0.2) is 35.1 Å². The van der Waals surface area contributed by atoms with E-state index in [2.05, 4.69) is 15.3 Å². The van der Waals surface area contributed by atoms with E-state index in [1.807, 2.05) is 22.9 Å². The largest absolute Gasteiger partial charge is 0.467 e. The number of amides is 1. The van der Waals surface area contributed by atoms with E-state index >= 15 is 0 Å². The van der Waals surface area contributed by atoms with Crippen LogP contribution in [-0.4, -0.2) is 51.9 Å². The number of carbonyl (C=O) groups is 1. The van der Waals surface area contributed by atoms with E-state index in [9.17, 15) is 4.79 Å². The number of aliphatic hydroxyl groups excluding tert-OH is 1. The second kappa shape index (κ2) is 8.12. The van der Waals surface area contributed by atoms with Gasteiger partial charge in [0.15, 0.2) is 0 Å². The monoisotopic (exact) mass is 332 g/mol. The fourth-order valence-corrected chi connectivity index (χ4v) is 3.22. The molecular weight excluding hydrogens is 308 g/mol. The third kappa shape index (κ3) is 4.24. The number of aromatic nitrogens is 2. The molecule has 7 heteroatoms. The smallest absolute Gasteiger partial charge is 0.234 e. The van der Waals surface area contributed by atoms with Crippen molar-refractivity contribution in [1.29, 1.82) is 0 Å². The number of aliphatic hydroxyl groups is 1. The van der Waals surface area contributed by atoms with Crippen LogP contribution >= 0.6 is 0 Å². The van der Waals surface area contributed by atoms with Gasteiger partial charge in [0.1, 0.15) is 5.76 Å². The molecule has 2 aromatic rings. The van der Waals surface area contributed by atoms with Crippen LogP contribution in [-0.2, 0) is 17.9 Å². The summed E-state index contributed by atoms with van der Waals surface area (Å²) >= 11 is 0. The minimum Gasteiger partial charge on any atom is -0.467 e. The van der Waals surface area contributed by atoms with Gasteiger partial charge in [0, 0.05) is 17.8 Å². The van der Waals surface area contributed by atoms with Gasteiger partial charge >= 0.3 is 0 Å². The van der Waals surface area contributed by atoms with Gasteiger partial charge in [0.05, 0.1) is 32.5 Å². The van der Waals surface area contributed by atoms with Gasteiger partial charge in [-0.1, -0.05) is 0 Å². The second-order valence-corrected chi connectivity index (χ2v) is 6.11. The van der Waals surface area contributed by atoms with Crippen LogP contribution in [0.3, 0.4) is 0 Å². The Balaban J connectivity index is 1.43. The molecule has 0 spiro atoms. The minimum atomic E-state index is 0.0233. The quantitative estimate of drug-likeness (QED) is 0.789. The van der Waals surface area contributed by atoms with Crippen LogP contribution in [0, 0.1) is 0 Å². The number of hydrogen-bond donors (Lipinski definition) is 2. The van der Waals surface area contributed by atoms with Crippen molar-refractivity contribution in [3.63, 3.8) is 0 Å². The summed E-state index contributed by atoms with van der Waals surface area (Å²) < 4.78 is 7.09. The molecule has 0 aliphatic carbocycles. The normalized spacial score (nSPS) is 16.4. The predicted octanol–water partition coefficient (Wildman–Crippen LogP) is 0.964. The van der Waals surface area contributed by atoms with E-state index in [0.29, 0.717) is 25.6 Å². The van der Waals surface area contributed by atoms with Crippen LogP contribution in [0.25, 0.3) is 0 Å². The number of hydrogen-bond acceptors (Lipinski definition) is 5. The first-order chi connectivity index (χ1) is 11.8. The molecule has 7 nitrogen and oxygen atoms in total. The Bertz CT molecular complexity index is 630. The summed E-state index contributed by atoms with van der Waals surface area (Å²) in [5.41, 5.74) is 1.19. The third-order valence-electron chi connectivity index (χ3n) is 4.47. The Kier molecular flexibility index (Phi) is 5.66. The first-order valence-electron chi connectivity index (χ1n) is 8.40. The lowest BCUT2D eigenvalue weighted by Crippen LogP contribution is -2.41. The van der Waals surface area contributed by atoms with Crippen molar-refractivity contribution in [1.82, 2.24) is 20.0 Å². The molecule has 1 amide bonds. The standard InChI is InChI=1S/C17H24N4O3/c22-10-9-21-16(3-6-19-21)14-4-7-20(8-5-14)13-17(23)18-12-15-2-1-11-24-15/h1-3,6,11,14,22H,4-5,7-10,12-13H2,(H,18,23). The number of carbonyl (C=O) groups excluding carboxylic acids is 1. The number of nitrogens with zero attached hydrogens (tertiary/aromatic N) is 3. The van der Waals surface area contributed by atoms with Gasteiger partial charge in [-0.25, -0.2) is 0 Å². The molecule has 0 saturated carbocycles. The summed E-state index contributed by atoms with van der Waals surface area (Å²) in [5, 5.41) is 16.2. The molecule has 130 valence electrons. The molecule has 24 heavy (non-hydrogen) atoms. The lowest BCUT2D eigenvalue weighted by Gasteiger charge is -2.31. The van der Waals surface area contributed by atoms with E-state index in [0.717, 1.165) is 31.7 Å². The van der Waals surface area contributed by atoms with Crippen molar-refractivity contribution in [2.24, 2.45) is 0 Å². The van der Waals surface area contributed by atoms with E-state index in [4.69, 9.17) is 9.52 Å². The zero-order valence-corrected chi connectivity index (χ0v) is 13.7. The summed E-state index contributed by atoms with van der Waals surface area (Å²) in [6.07, 6.45) is 5.40. The highest BCUT2D eigenvalue weighted by atomic mass is 16.3. The van der Waals surface area contributed by atoms with Crippen LogP contribution in [0.4, 0.5) is 0 Å². The van der Waals surface area contributed by atoms with Crippen molar-refractivity contribution in [2.45, 2.75) is 31.8 Å². The van der Waals surface area contributed by atoms with Gasteiger partial charge in [-0.3, -0.25) is 14.4 Å². The zero-order valence-electron chi connectivity index (χ0n) is 13.7. The predicted molar refractivity (Wildman–Crippen MR) is 88.3 cm³/mol. The molecule has 0 unspecified atom stereocenters. The molecule has 1 saturated heterocycles. The van der Waals surface area contributed by atoms with Gasteiger partial charge in [0.2, 0.25) is 5.91 Å². The SMILES string of the molecule is O=C(CN1CCC(c2ccnn2CCO)CC1)NCc1ccco1. The van der Waals surface area contributed by atoms with Gasteiger partial charge in [0.25, 0.3) is 0 Å². The number of nitrogens with one attached hydrogen (secondary N) is 1. The molecule has 0 atom stereocenters. The highest BCUT2D eigenvalue weighted by molar-refractivity contribution is 5.77. The summed E-state index contributed by atoms with van der Waals surface area (Å²) in [6, 6.07) is 5.70. The van der Waals surface area contributed by atoms with Crippen molar-refractivity contribution in [3.8, 4) is 0 Å². The molecule has 2 aromatic heterocycles. The highest BCUT2D eigenvalue weighted by Gasteiger charge is 2.24. The molecule has 0 bridgehead atoms. The first kappa shape index (κ1) is 16.7. The molecule has 0 aromatic carbocycles. The van der Waals surface area contributed by atoms with Gasteiger partial charge in [-0.15, -0.1) is 0 Å². The van der Waals surface area contributed by atoms with Crippen molar-refractivity contribution in [2.75, 3.05) is 26.2 Å². The molecular formula is C17H24N4O3. The second-order valence-electron chi connectivity index (χ2n) is 6.11. The number of likely N-dealkylation sites (tertiary alicyclic amines) is 1. The lowest BCUT2D eigenvalue weighted by atomic mass is 9.93. The fraction of sp³-hybridized carbons (Fsp3) is 0.529. The van der Waals surface area contributed by atoms with Crippen molar-refractivity contribution < 1.29 is 14.3 Å². The Labute approximate surface area is 141 Å². The molecule has 3 rings (SSSR count). The van der Waals surface area contributed by atoms with Gasteiger partial charge in [-0.2, -0.15) is 5.10 Å². The Morgan fingerprint density at radius 2 is 2.21 bits per heavy atom. The average molecular weight is 332 g/mol. The molecule has 1 fully saturated rings. The molecule has 1 aliphatic rings. The van der Waals surface area contributed by atoms with Crippen LogP contribution in [0.5, 0.6) is 0 Å². The maximum atomic E-state index is 12.0.